The van der Waals surface area contributed by atoms with Crippen LogP contribution in [0.4, 0.5) is 5.00 Å². The summed E-state index contributed by atoms with van der Waals surface area (Å²) in [7, 11) is -3.86. The van der Waals surface area contributed by atoms with E-state index in [2.05, 4.69) is 17.1 Å². The largest absolute Gasteiger partial charge is 0.462 e. The van der Waals surface area contributed by atoms with E-state index in [1.165, 1.54) is 21.7 Å². The maximum atomic E-state index is 13.4. The van der Waals surface area contributed by atoms with E-state index in [-0.39, 0.29) is 17.4 Å². The highest BCUT2D eigenvalue weighted by Gasteiger charge is 2.39. The highest BCUT2D eigenvalue weighted by molar-refractivity contribution is 7.91. The van der Waals surface area contributed by atoms with Gasteiger partial charge in [0.2, 0.25) is 5.91 Å². The third-order valence-corrected chi connectivity index (χ3v) is 10.9. The topological polar surface area (TPSA) is 96.0 Å². The molecule has 4 heterocycles. The number of fused-ring (bicyclic) bond motifs is 1. The Bertz CT molecular complexity index is 1180. The summed E-state index contributed by atoms with van der Waals surface area (Å²) < 4.78 is 33.6. The predicted molar refractivity (Wildman–Crippen MR) is 134 cm³/mol. The van der Waals surface area contributed by atoms with E-state index in [1.807, 2.05) is 0 Å². The average Bonchev–Trinajstić information content (AvgIpc) is 3.42. The van der Waals surface area contributed by atoms with Crippen LogP contribution in [0.1, 0.15) is 53.9 Å². The second kappa shape index (κ2) is 10.6. The van der Waals surface area contributed by atoms with Crippen LogP contribution < -0.4 is 5.32 Å². The van der Waals surface area contributed by atoms with Gasteiger partial charge in [-0.05, 0) is 50.4 Å². The van der Waals surface area contributed by atoms with Crippen molar-refractivity contribution in [1.29, 1.82) is 0 Å². The molecule has 12 heteroatoms. The van der Waals surface area contributed by atoms with Crippen molar-refractivity contribution >= 4 is 61.2 Å². The molecule has 2 aliphatic rings. The fourth-order valence-corrected chi connectivity index (χ4v) is 8.98. The first-order chi connectivity index (χ1) is 16.3. The molecule has 1 amide bonds. The van der Waals surface area contributed by atoms with Gasteiger partial charge in [0.05, 0.1) is 16.5 Å². The van der Waals surface area contributed by atoms with Crippen LogP contribution in [0.3, 0.4) is 0 Å². The number of esters is 1. The lowest BCUT2D eigenvalue weighted by Crippen LogP contribution is -2.49. The van der Waals surface area contributed by atoms with Crippen LogP contribution in [-0.2, 0) is 32.5 Å². The Hall–Kier alpha value is -1.50. The normalized spacial score (nSPS) is 19.6. The van der Waals surface area contributed by atoms with E-state index >= 15 is 0 Å². The minimum absolute atomic E-state index is 0.121. The first-order valence-electron chi connectivity index (χ1n) is 11.4. The smallest absolute Gasteiger partial charge is 0.341 e. The number of carbonyl (C=O) groups excluding carboxylic acids is 2. The van der Waals surface area contributed by atoms with Crippen LogP contribution in [0.5, 0.6) is 0 Å². The number of rotatable bonds is 7. The second-order valence-electron chi connectivity index (χ2n) is 8.22. The highest BCUT2D eigenvalue weighted by atomic mass is 35.5. The molecular weight excluding hydrogens is 518 g/mol. The molecule has 1 N–H and O–H groups in total. The molecule has 1 fully saturated rings. The summed E-state index contributed by atoms with van der Waals surface area (Å²) in [6.45, 7) is 6.76. The number of nitrogens with one attached hydrogen (secondary N) is 1. The Morgan fingerprint density at radius 3 is 2.68 bits per heavy atom. The number of likely N-dealkylation sites (N-methyl/N-ethyl adjacent to an activating group) is 1. The van der Waals surface area contributed by atoms with Crippen LogP contribution in [0.15, 0.2) is 16.3 Å². The molecule has 186 valence electrons. The van der Waals surface area contributed by atoms with Crippen molar-refractivity contribution in [2.75, 3.05) is 31.6 Å². The maximum absolute atomic E-state index is 13.4. The number of anilines is 1. The van der Waals surface area contributed by atoms with Gasteiger partial charge in [0.1, 0.15) is 15.3 Å². The van der Waals surface area contributed by atoms with Gasteiger partial charge in [0.25, 0.3) is 10.0 Å². The first kappa shape index (κ1) is 25.6. The fourth-order valence-electron chi connectivity index (χ4n) is 4.44. The highest BCUT2D eigenvalue weighted by Crippen LogP contribution is 2.38. The van der Waals surface area contributed by atoms with Gasteiger partial charge in [-0.1, -0.05) is 24.9 Å². The molecule has 0 saturated carbocycles. The van der Waals surface area contributed by atoms with Crippen molar-refractivity contribution in [2.24, 2.45) is 0 Å². The molecule has 0 spiro atoms. The third kappa shape index (κ3) is 5.05. The summed E-state index contributed by atoms with van der Waals surface area (Å²) in [5.74, 6) is -0.885. The molecule has 1 atom stereocenters. The van der Waals surface area contributed by atoms with E-state index in [4.69, 9.17) is 16.3 Å². The lowest BCUT2D eigenvalue weighted by atomic mass is 10.0. The van der Waals surface area contributed by atoms with E-state index in [1.54, 1.807) is 13.0 Å². The van der Waals surface area contributed by atoms with Crippen LogP contribution in [0.2, 0.25) is 4.34 Å². The number of hydrogen-bond donors (Lipinski definition) is 1. The van der Waals surface area contributed by atoms with Crippen LogP contribution in [0.25, 0.3) is 0 Å². The van der Waals surface area contributed by atoms with Gasteiger partial charge in [0.15, 0.2) is 0 Å². The van der Waals surface area contributed by atoms with Gasteiger partial charge in [-0.3, -0.25) is 9.69 Å². The minimum Gasteiger partial charge on any atom is -0.462 e. The molecule has 8 nitrogen and oxygen atoms in total. The van der Waals surface area contributed by atoms with Gasteiger partial charge < -0.3 is 10.1 Å². The van der Waals surface area contributed by atoms with E-state index in [0.717, 1.165) is 41.3 Å². The van der Waals surface area contributed by atoms with Crippen molar-refractivity contribution in [3.05, 3.63) is 32.5 Å². The summed E-state index contributed by atoms with van der Waals surface area (Å²) in [4.78, 5) is 29.6. The Labute approximate surface area is 212 Å². The fraction of sp³-hybridized carbons (Fsp3) is 0.545. The van der Waals surface area contributed by atoms with E-state index in [0.29, 0.717) is 40.7 Å². The van der Waals surface area contributed by atoms with Crippen molar-refractivity contribution in [3.8, 4) is 0 Å². The first-order valence-corrected chi connectivity index (χ1v) is 14.8. The van der Waals surface area contributed by atoms with Crippen LogP contribution in [0, 0.1) is 0 Å². The SMILES string of the molecule is CCOC(=O)c1c(NC(=O)C2CCCCN2S(=O)(=O)c2ccc(Cl)s2)sc2c1CCN(CC)C2. The molecule has 2 aromatic rings. The molecule has 34 heavy (non-hydrogen) atoms. The average molecular weight is 546 g/mol. The van der Waals surface area contributed by atoms with Crippen molar-refractivity contribution < 1.29 is 22.7 Å². The van der Waals surface area contributed by atoms with Gasteiger partial charge >= 0.3 is 5.97 Å². The molecule has 0 radical (unpaired) electrons. The van der Waals surface area contributed by atoms with Gasteiger partial charge in [-0.25, -0.2) is 13.2 Å². The monoisotopic (exact) mass is 545 g/mol. The molecule has 0 aromatic carbocycles. The van der Waals surface area contributed by atoms with Crippen LogP contribution in [-0.4, -0.2) is 61.8 Å². The number of piperidine rings is 1. The number of carbonyl (C=O) groups is 2. The van der Waals surface area contributed by atoms with Crippen LogP contribution >= 0.6 is 34.3 Å². The Balaban J connectivity index is 1.63. The Morgan fingerprint density at radius 1 is 1.21 bits per heavy atom. The molecule has 1 unspecified atom stereocenters. The van der Waals surface area contributed by atoms with Gasteiger partial charge in [0, 0.05) is 24.5 Å². The zero-order valence-electron chi connectivity index (χ0n) is 19.1. The number of hydrogen-bond acceptors (Lipinski definition) is 8. The molecule has 1 saturated heterocycles. The molecule has 0 aliphatic carbocycles. The second-order valence-corrected chi connectivity index (χ2v) is 13.2. The number of amides is 1. The third-order valence-electron chi connectivity index (χ3n) is 6.17. The predicted octanol–water partition coefficient (Wildman–Crippen LogP) is 4.20. The molecule has 4 rings (SSSR count). The summed E-state index contributed by atoms with van der Waals surface area (Å²) in [6.07, 6.45) is 2.53. The van der Waals surface area contributed by atoms with E-state index in [9.17, 15) is 18.0 Å². The number of nitrogens with zero attached hydrogens (tertiary/aromatic N) is 2. The van der Waals surface area contributed by atoms with Crippen molar-refractivity contribution in [1.82, 2.24) is 9.21 Å². The quantitative estimate of drug-likeness (QED) is 0.524. The molecule has 2 aromatic heterocycles. The molecular formula is C22H28ClN3O5S3. The molecule has 0 bridgehead atoms. The number of thiophene rings is 2. The lowest BCUT2D eigenvalue weighted by molar-refractivity contribution is -0.120. The van der Waals surface area contributed by atoms with Gasteiger partial charge in [-0.2, -0.15) is 4.31 Å². The maximum Gasteiger partial charge on any atom is 0.341 e. The zero-order chi connectivity index (χ0) is 24.5. The van der Waals surface area contributed by atoms with Crippen molar-refractivity contribution in [3.63, 3.8) is 0 Å². The number of halogens is 1. The Kier molecular flexibility index (Phi) is 8.00. The Morgan fingerprint density at radius 2 is 2.00 bits per heavy atom. The summed E-state index contributed by atoms with van der Waals surface area (Å²) in [5, 5.41) is 3.34. The van der Waals surface area contributed by atoms with Gasteiger partial charge in [-0.15, -0.1) is 22.7 Å². The van der Waals surface area contributed by atoms with E-state index < -0.39 is 27.9 Å². The summed E-state index contributed by atoms with van der Waals surface area (Å²) in [5.41, 5.74) is 1.33. The summed E-state index contributed by atoms with van der Waals surface area (Å²) in [6, 6.07) is 2.15. The summed E-state index contributed by atoms with van der Waals surface area (Å²) >= 11 is 8.32. The number of ether oxygens (including phenoxy) is 1. The zero-order valence-corrected chi connectivity index (χ0v) is 22.3. The lowest BCUT2D eigenvalue weighted by Gasteiger charge is -2.33. The molecule has 2 aliphatic heterocycles. The van der Waals surface area contributed by atoms with Crippen molar-refractivity contribution in [2.45, 2.75) is 56.3 Å². The standard InChI is InChI=1S/C22H28ClN3O5S3/c1-3-25-12-10-14-16(13-25)32-21(19(14)22(28)31-4-2)24-20(27)15-7-5-6-11-26(15)34(29,30)18-9-8-17(23)33-18/h8-9,15H,3-7,10-13H2,1-2H3,(H,24,27). The minimum atomic E-state index is -3.86. The number of sulfonamides is 1.